The van der Waals surface area contributed by atoms with E-state index in [0.717, 1.165) is 18.6 Å². The third-order valence-corrected chi connectivity index (χ3v) is 3.61. The van der Waals surface area contributed by atoms with E-state index >= 15 is 0 Å². The fraction of sp³-hybridized carbons (Fsp3) is 0.538. The van der Waals surface area contributed by atoms with Crippen molar-refractivity contribution >= 4 is 11.7 Å². The second-order valence-corrected chi connectivity index (χ2v) is 4.70. The Morgan fingerprint density at radius 2 is 2.26 bits per heavy atom. The van der Waals surface area contributed by atoms with Gasteiger partial charge in [0.15, 0.2) is 0 Å². The molecule has 0 aliphatic carbocycles. The molecule has 1 fully saturated rings. The summed E-state index contributed by atoms with van der Waals surface area (Å²) >= 11 is 0. The molecular formula is C13H19N3O3. The van der Waals surface area contributed by atoms with Crippen LogP contribution in [0.2, 0.25) is 0 Å². The van der Waals surface area contributed by atoms with Gasteiger partial charge in [-0.1, -0.05) is 12.1 Å². The van der Waals surface area contributed by atoms with E-state index < -0.39 is 0 Å². The summed E-state index contributed by atoms with van der Waals surface area (Å²) < 4.78 is 5.28. The number of hydrogen-bond donors (Lipinski definition) is 2. The average molecular weight is 265 g/mol. The second kappa shape index (κ2) is 5.77. The van der Waals surface area contributed by atoms with Crippen LogP contribution < -0.4 is 5.73 Å². The Morgan fingerprint density at radius 3 is 2.84 bits per heavy atom. The Hall–Kier alpha value is -1.98. The van der Waals surface area contributed by atoms with Gasteiger partial charge in [0.25, 0.3) is 5.91 Å². The lowest BCUT2D eigenvalue weighted by Gasteiger charge is -2.31. The maximum Gasteiger partial charge on any atom is 0.257 e. The summed E-state index contributed by atoms with van der Waals surface area (Å²) in [4.78, 5) is 14.1. The highest BCUT2D eigenvalue weighted by molar-refractivity contribution is 5.95. The SMILES string of the molecule is CCc1occc1C(=O)N1CCC(/C(N)=N/O)CC1. The first-order valence-electron chi connectivity index (χ1n) is 6.50. The first-order valence-corrected chi connectivity index (χ1v) is 6.50. The lowest BCUT2D eigenvalue weighted by Crippen LogP contribution is -2.41. The molecular weight excluding hydrogens is 246 g/mol. The van der Waals surface area contributed by atoms with Crippen LogP contribution in [0.1, 0.15) is 35.9 Å². The molecule has 19 heavy (non-hydrogen) atoms. The molecule has 0 bridgehead atoms. The van der Waals surface area contributed by atoms with Crippen LogP contribution in [0, 0.1) is 5.92 Å². The number of carbonyl (C=O) groups excluding carboxylic acids is 1. The monoisotopic (exact) mass is 265 g/mol. The molecule has 1 aromatic rings. The first-order chi connectivity index (χ1) is 9.17. The van der Waals surface area contributed by atoms with Crippen molar-refractivity contribution in [1.29, 1.82) is 0 Å². The smallest absolute Gasteiger partial charge is 0.257 e. The van der Waals surface area contributed by atoms with Gasteiger partial charge in [-0.15, -0.1) is 0 Å². The molecule has 1 saturated heterocycles. The maximum atomic E-state index is 12.3. The maximum absolute atomic E-state index is 12.3. The zero-order valence-corrected chi connectivity index (χ0v) is 11.0. The number of furan rings is 1. The summed E-state index contributed by atoms with van der Waals surface area (Å²) in [6.45, 7) is 3.20. The van der Waals surface area contributed by atoms with Gasteiger partial charge in [-0.3, -0.25) is 4.79 Å². The molecule has 1 amide bonds. The summed E-state index contributed by atoms with van der Waals surface area (Å²) in [6, 6.07) is 1.72. The Bertz CT molecular complexity index is 473. The molecule has 1 aliphatic rings. The molecule has 1 aliphatic heterocycles. The molecule has 2 heterocycles. The van der Waals surface area contributed by atoms with E-state index in [1.807, 2.05) is 6.92 Å². The van der Waals surface area contributed by atoms with E-state index in [2.05, 4.69) is 5.16 Å². The normalized spacial score (nSPS) is 17.7. The number of piperidine rings is 1. The third kappa shape index (κ3) is 2.72. The van der Waals surface area contributed by atoms with Crippen molar-refractivity contribution < 1.29 is 14.4 Å². The summed E-state index contributed by atoms with van der Waals surface area (Å²) in [7, 11) is 0. The summed E-state index contributed by atoms with van der Waals surface area (Å²) in [5, 5.41) is 11.7. The number of hydrogen-bond acceptors (Lipinski definition) is 4. The number of carbonyl (C=O) groups is 1. The van der Waals surface area contributed by atoms with E-state index in [9.17, 15) is 4.79 Å². The van der Waals surface area contributed by atoms with Gasteiger partial charge in [0.2, 0.25) is 0 Å². The molecule has 0 aromatic carbocycles. The third-order valence-electron chi connectivity index (χ3n) is 3.61. The summed E-state index contributed by atoms with van der Waals surface area (Å²) in [6.07, 6.45) is 3.70. The number of aryl methyl sites for hydroxylation is 1. The van der Waals surface area contributed by atoms with Crippen LogP contribution in [-0.4, -0.2) is 34.9 Å². The van der Waals surface area contributed by atoms with Crippen LogP contribution in [-0.2, 0) is 6.42 Å². The van der Waals surface area contributed by atoms with E-state index in [1.165, 1.54) is 0 Å². The molecule has 0 unspecified atom stereocenters. The van der Waals surface area contributed by atoms with Crippen molar-refractivity contribution in [2.45, 2.75) is 26.2 Å². The van der Waals surface area contributed by atoms with Crippen LogP contribution in [0.4, 0.5) is 0 Å². The lowest BCUT2D eigenvalue weighted by atomic mass is 9.95. The quantitative estimate of drug-likeness (QED) is 0.374. The summed E-state index contributed by atoms with van der Waals surface area (Å²) in [5.41, 5.74) is 6.23. The van der Waals surface area contributed by atoms with Gasteiger partial charge in [0.05, 0.1) is 11.8 Å². The number of rotatable bonds is 3. The van der Waals surface area contributed by atoms with Crippen molar-refractivity contribution in [2.75, 3.05) is 13.1 Å². The van der Waals surface area contributed by atoms with Crippen LogP contribution >= 0.6 is 0 Å². The molecule has 6 nitrogen and oxygen atoms in total. The van der Waals surface area contributed by atoms with Gasteiger partial charge in [-0.25, -0.2) is 0 Å². The van der Waals surface area contributed by atoms with Crippen molar-refractivity contribution in [1.82, 2.24) is 4.90 Å². The average Bonchev–Trinajstić information content (AvgIpc) is 2.94. The van der Waals surface area contributed by atoms with E-state index in [4.69, 9.17) is 15.4 Å². The molecule has 0 spiro atoms. The molecule has 0 atom stereocenters. The number of oxime groups is 1. The fourth-order valence-electron chi connectivity index (χ4n) is 2.44. The molecule has 0 saturated carbocycles. The highest BCUT2D eigenvalue weighted by Crippen LogP contribution is 2.21. The number of likely N-dealkylation sites (tertiary alicyclic amines) is 1. The highest BCUT2D eigenvalue weighted by atomic mass is 16.4. The van der Waals surface area contributed by atoms with Gasteiger partial charge in [0.1, 0.15) is 11.6 Å². The Kier molecular flexibility index (Phi) is 4.09. The molecule has 1 aromatic heterocycles. The first kappa shape index (κ1) is 13.5. The van der Waals surface area contributed by atoms with E-state index in [0.29, 0.717) is 25.1 Å². The van der Waals surface area contributed by atoms with Crippen molar-refractivity contribution in [3.05, 3.63) is 23.7 Å². The number of amides is 1. The highest BCUT2D eigenvalue weighted by Gasteiger charge is 2.27. The number of nitrogens with zero attached hydrogens (tertiary/aromatic N) is 2. The Balaban J connectivity index is 2.00. The number of nitrogens with two attached hydrogens (primary N) is 1. The zero-order chi connectivity index (χ0) is 13.8. The van der Waals surface area contributed by atoms with Gasteiger partial charge < -0.3 is 20.3 Å². The van der Waals surface area contributed by atoms with Crippen molar-refractivity contribution in [3.8, 4) is 0 Å². The molecule has 2 rings (SSSR count). The topological polar surface area (TPSA) is 92.1 Å². The molecule has 0 radical (unpaired) electrons. The minimum atomic E-state index is 0.00330. The fourth-order valence-corrected chi connectivity index (χ4v) is 2.44. The van der Waals surface area contributed by atoms with Crippen LogP contribution in [0.3, 0.4) is 0 Å². The van der Waals surface area contributed by atoms with E-state index in [-0.39, 0.29) is 17.7 Å². The predicted octanol–water partition coefficient (Wildman–Crippen LogP) is 1.44. The van der Waals surface area contributed by atoms with Gasteiger partial charge >= 0.3 is 0 Å². The standard InChI is InChI=1S/C13H19N3O3/c1-2-11-10(5-8-19-11)13(17)16-6-3-9(4-7-16)12(14)15-18/h5,8-9,18H,2-4,6-7H2,1H3,(H2,14,15). The van der Waals surface area contributed by atoms with Crippen LogP contribution in [0.5, 0.6) is 0 Å². The van der Waals surface area contributed by atoms with Gasteiger partial charge in [0, 0.05) is 25.4 Å². The zero-order valence-electron chi connectivity index (χ0n) is 11.0. The second-order valence-electron chi connectivity index (χ2n) is 4.70. The largest absolute Gasteiger partial charge is 0.469 e. The van der Waals surface area contributed by atoms with Crippen molar-refractivity contribution in [2.24, 2.45) is 16.8 Å². The molecule has 6 heteroatoms. The summed E-state index contributed by atoms with van der Waals surface area (Å²) in [5.74, 6) is 1.04. The Morgan fingerprint density at radius 1 is 1.58 bits per heavy atom. The van der Waals surface area contributed by atoms with Crippen LogP contribution in [0.25, 0.3) is 0 Å². The van der Waals surface area contributed by atoms with Gasteiger partial charge in [-0.05, 0) is 18.9 Å². The van der Waals surface area contributed by atoms with E-state index in [1.54, 1.807) is 17.2 Å². The number of amidine groups is 1. The van der Waals surface area contributed by atoms with Gasteiger partial charge in [-0.2, -0.15) is 0 Å². The minimum Gasteiger partial charge on any atom is -0.469 e. The predicted molar refractivity (Wildman–Crippen MR) is 70.1 cm³/mol. The Labute approximate surface area is 111 Å². The minimum absolute atomic E-state index is 0.00330. The lowest BCUT2D eigenvalue weighted by molar-refractivity contribution is 0.0707. The molecule has 3 N–H and O–H groups in total. The molecule has 104 valence electrons. The van der Waals surface area contributed by atoms with Crippen LogP contribution in [0.15, 0.2) is 21.9 Å². The van der Waals surface area contributed by atoms with Crippen molar-refractivity contribution in [3.63, 3.8) is 0 Å².